The number of pyridine rings is 1. The van der Waals surface area contributed by atoms with Crippen LogP contribution in [0.2, 0.25) is 0 Å². The first-order valence-corrected chi connectivity index (χ1v) is 7.45. The number of anilines is 3. The molecule has 2 N–H and O–H groups in total. The quantitative estimate of drug-likeness (QED) is 0.754. The lowest BCUT2D eigenvalue weighted by atomic mass is 10.2. The molecule has 5 nitrogen and oxygen atoms in total. The third-order valence-electron chi connectivity index (χ3n) is 3.44. The molecule has 0 aliphatic rings. The molecule has 0 atom stereocenters. The fourth-order valence-electron chi connectivity index (χ4n) is 2.20. The number of para-hydroxylation sites is 2. The smallest absolute Gasteiger partial charge is 0.274 e. The normalized spacial score (nSPS) is 9.92. The fraction of sp³-hybridized carbons (Fsp3) is 0. The molecule has 1 amide bonds. The van der Waals surface area contributed by atoms with E-state index in [0.29, 0.717) is 22.6 Å². The van der Waals surface area contributed by atoms with E-state index < -0.39 is 5.91 Å². The van der Waals surface area contributed by atoms with Gasteiger partial charge < -0.3 is 10.6 Å². The summed E-state index contributed by atoms with van der Waals surface area (Å²) >= 11 is 0. The summed E-state index contributed by atoms with van der Waals surface area (Å²) in [4.78, 5) is 16.3. The molecule has 1 aromatic heterocycles. The second kappa shape index (κ2) is 7.23. The van der Waals surface area contributed by atoms with Crippen LogP contribution < -0.4 is 10.6 Å². The van der Waals surface area contributed by atoms with E-state index in [-0.39, 0.29) is 11.5 Å². The zero-order valence-corrected chi connectivity index (χ0v) is 13.0. The van der Waals surface area contributed by atoms with Crippen molar-refractivity contribution in [3.63, 3.8) is 0 Å². The van der Waals surface area contributed by atoms with Gasteiger partial charge in [-0.1, -0.05) is 24.3 Å². The Bertz CT molecular complexity index is 948. The van der Waals surface area contributed by atoms with Crippen LogP contribution >= 0.6 is 0 Å². The van der Waals surface area contributed by atoms with Crippen LogP contribution in [-0.4, -0.2) is 10.9 Å². The number of nitrogens with zero attached hydrogens (tertiary/aromatic N) is 2. The lowest BCUT2D eigenvalue weighted by Gasteiger charge is -2.09. The second-order valence-corrected chi connectivity index (χ2v) is 5.15. The van der Waals surface area contributed by atoms with Gasteiger partial charge >= 0.3 is 0 Å². The molecule has 1 heterocycles. The summed E-state index contributed by atoms with van der Waals surface area (Å²) in [6.07, 6.45) is 1.44. The number of halogens is 1. The highest BCUT2D eigenvalue weighted by Gasteiger charge is 2.10. The zero-order valence-electron chi connectivity index (χ0n) is 13.0. The van der Waals surface area contributed by atoms with Gasteiger partial charge in [0.15, 0.2) is 0 Å². The Kier molecular flexibility index (Phi) is 4.67. The molecule has 0 saturated heterocycles. The summed E-state index contributed by atoms with van der Waals surface area (Å²) in [5.74, 6) is -0.808. The molecule has 0 aliphatic carbocycles. The topological polar surface area (TPSA) is 77.8 Å². The van der Waals surface area contributed by atoms with Crippen LogP contribution in [-0.2, 0) is 0 Å². The van der Waals surface area contributed by atoms with E-state index >= 15 is 0 Å². The van der Waals surface area contributed by atoms with Crippen LogP contribution in [0.1, 0.15) is 16.1 Å². The Labute approximate surface area is 143 Å². The van der Waals surface area contributed by atoms with Gasteiger partial charge in [-0.15, -0.1) is 0 Å². The minimum atomic E-state index is -0.430. The third-order valence-corrected chi connectivity index (χ3v) is 3.44. The van der Waals surface area contributed by atoms with Gasteiger partial charge in [-0.2, -0.15) is 5.26 Å². The lowest BCUT2D eigenvalue weighted by molar-refractivity contribution is 0.102. The van der Waals surface area contributed by atoms with Crippen molar-refractivity contribution in [2.75, 3.05) is 10.6 Å². The van der Waals surface area contributed by atoms with Crippen LogP contribution in [0, 0.1) is 17.1 Å². The molecule has 0 radical (unpaired) electrons. The van der Waals surface area contributed by atoms with Gasteiger partial charge in [0, 0.05) is 0 Å². The predicted molar refractivity (Wildman–Crippen MR) is 93.0 cm³/mol. The van der Waals surface area contributed by atoms with Crippen LogP contribution in [0.25, 0.3) is 0 Å². The van der Waals surface area contributed by atoms with Gasteiger partial charge in [-0.3, -0.25) is 4.79 Å². The summed E-state index contributed by atoms with van der Waals surface area (Å²) in [6.45, 7) is 0. The molecule has 3 rings (SSSR count). The van der Waals surface area contributed by atoms with Gasteiger partial charge in [0.2, 0.25) is 0 Å². The first kappa shape index (κ1) is 16.1. The van der Waals surface area contributed by atoms with E-state index in [9.17, 15) is 9.18 Å². The van der Waals surface area contributed by atoms with E-state index in [2.05, 4.69) is 15.6 Å². The average molecular weight is 332 g/mol. The van der Waals surface area contributed by atoms with Gasteiger partial charge in [-0.25, -0.2) is 9.37 Å². The molecule has 0 fully saturated rings. The number of hydrogen-bond acceptors (Lipinski definition) is 4. The molecular formula is C19H13FN4O. The number of nitriles is 1. The average Bonchev–Trinajstić information content (AvgIpc) is 2.64. The molecular weight excluding hydrogens is 319 g/mol. The largest absolute Gasteiger partial charge is 0.352 e. The van der Waals surface area contributed by atoms with Gasteiger partial charge in [0.05, 0.1) is 28.8 Å². The molecule has 0 bridgehead atoms. The molecule has 0 unspecified atom stereocenters. The summed E-state index contributed by atoms with van der Waals surface area (Å²) in [6, 6.07) is 18.1. The number of benzene rings is 2. The van der Waals surface area contributed by atoms with Crippen molar-refractivity contribution in [1.82, 2.24) is 4.98 Å². The first-order chi connectivity index (χ1) is 12.2. The van der Waals surface area contributed by atoms with Crippen molar-refractivity contribution in [2.24, 2.45) is 0 Å². The molecule has 3 aromatic rings. The molecule has 0 saturated carbocycles. The zero-order chi connectivity index (χ0) is 17.6. The Morgan fingerprint density at radius 2 is 1.72 bits per heavy atom. The minimum Gasteiger partial charge on any atom is -0.352 e. The van der Waals surface area contributed by atoms with Crippen LogP contribution in [0.15, 0.2) is 66.9 Å². The molecule has 122 valence electrons. The summed E-state index contributed by atoms with van der Waals surface area (Å²) in [5, 5.41) is 14.6. The molecule has 6 heteroatoms. The molecule has 25 heavy (non-hydrogen) atoms. The Morgan fingerprint density at radius 1 is 1.00 bits per heavy atom. The maximum atomic E-state index is 13.6. The second-order valence-electron chi connectivity index (χ2n) is 5.15. The van der Waals surface area contributed by atoms with E-state index in [1.54, 1.807) is 48.5 Å². The van der Waals surface area contributed by atoms with E-state index in [1.807, 2.05) is 6.07 Å². The van der Waals surface area contributed by atoms with Crippen LogP contribution in [0.3, 0.4) is 0 Å². The molecule has 2 aromatic carbocycles. The van der Waals surface area contributed by atoms with Gasteiger partial charge in [0.25, 0.3) is 5.91 Å². The Hall–Kier alpha value is -3.72. The summed E-state index contributed by atoms with van der Waals surface area (Å²) in [5.41, 5.74) is 1.86. The molecule has 0 spiro atoms. The first-order valence-electron chi connectivity index (χ1n) is 7.45. The van der Waals surface area contributed by atoms with E-state index in [1.165, 1.54) is 18.3 Å². The minimum absolute atomic E-state index is 0.187. The van der Waals surface area contributed by atoms with Crippen molar-refractivity contribution in [2.45, 2.75) is 0 Å². The summed E-state index contributed by atoms with van der Waals surface area (Å²) in [7, 11) is 0. The Morgan fingerprint density at radius 3 is 2.40 bits per heavy atom. The number of carbonyl (C=O) groups excluding carboxylic acids is 1. The van der Waals surface area contributed by atoms with Crippen molar-refractivity contribution in [3.05, 3.63) is 83.9 Å². The fourth-order valence-corrected chi connectivity index (χ4v) is 2.20. The molecule has 0 aliphatic heterocycles. The SMILES string of the molecule is N#Cc1ccccc1NC(=O)c1ccc(Nc2ccccc2F)cn1. The highest BCUT2D eigenvalue weighted by molar-refractivity contribution is 6.03. The number of rotatable bonds is 4. The highest BCUT2D eigenvalue weighted by atomic mass is 19.1. The lowest BCUT2D eigenvalue weighted by Crippen LogP contribution is -2.14. The Balaban J connectivity index is 1.73. The van der Waals surface area contributed by atoms with Crippen molar-refractivity contribution in [3.8, 4) is 6.07 Å². The monoisotopic (exact) mass is 332 g/mol. The van der Waals surface area contributed by atoms with Crippen LogP contribution in [0.4, 0.5) is 21.5 Å². The maximum absolute atomic E-state index is 13.6. The van der Waals surface area contributed by atoms with Crippen molar-refractivity contribution < 1.29 is 9.18 Å². The van der Waals surface area contributed by atoms with E-state index in [4.69, 9.17) is 5.26 Å². The van der Waals surface area contributed by atoms with Crippen molar-refractivity contribution in [1.29, 1.82) is 5.26 Å². The number of amides is 1. The standard InChI is InChI=1S/C19H13FN4O/c20-15-6-2-4-8-17(15)23-14-9-10-18(22-12-14)19(25)24-16-7-3-1-5-13(16)11-21/h1-10,12,23H,(H,24,25). The number of nitrogens with one attached hydrogen (secondary N) is 2. The number of carbonyl (C=O) groups is 1. The number of aromatic nitrogens is 1. The maximum Gasteiger partial charge on any atom is 0.274 e. The van der Waals surface area contributed by atoms with Gasteiger partial charge in [0.1, 0.15) is 17.6 Å². The summed E-state index contributed by atoms with van der Waals surface area (Å²) < 4.78 is 13.6. The third kappa shape index (κ3) is 3.79. The van der Waals surface area contributed by atoms with Gasteiger partial charge in [-0.05, 0) is 36.4 Å². The number of hydrogen-bond donors (Lipinski definition) is 2. The predicted octanol–water partition coefficient (Wildman–Crippen LogP) is 4.09. The van der Waals surface area contributed by atoms with Crippen molar-refractivity contribution >= 4 is 23.0 Å². The van der Waals surface area contributed by atoms with Crippen LogP contribution in [0.5, 0.6) is 0 Å². The van der Waals surface area contributed by atoms with E-state index in [0.717, 1.165) is 0 Å². The highest BCUT2D eigenvalue weighted by Crippen LogP contribution is 2.19.